The van der Waals surface area contributed by atoms with Crippen LogP contribution in [0.25, 0.3) is 11.1 Å². The van der Waals surface area contributed by atoms with Gasteiger partial charge in [0.05, 0.1) is 5.52 Å². The Labute approximate surface area is 190 Å². The molecule has 11 heteroatoms. The molecule has 0 unspecified atom stereocenters. The predicted molar refractivity (Wildman–Crippen MR) is 121 cm³/mol. The molecule has 2 heterocycles. The molecule has 0 aliphatic carbocycles. The van der Waals surface area contributed by atoms with Crippen LogP contribution in [0.4, 0.5) is 10.1 Å². The van der Waals surface area contributed by atoms with Gasteiger partial charge in [0.2, 0.25) is 10.0 Å². The van der Waals surface area contributed by atoms with Gasteiger partial charge in [0, 0.05) is 37.4 Å². The van der Waals surface area contributed by atoms with Crippen molar-refractivity contribution in [1.82, 2.24) is 13.8 Å². The van der Waals surface area contributed by atoms with Crippen molar-refractivity contribution in [3.63, 3.8) is 0 Å². The zero-order valence-corrected chi connectivity index (χ0v) is 19.2. The van der Waals surface area contributed by atoms with Gasteiger partial charge in [-0.3, -0.25) is 9.36 Å². The van der Waals surface area contributed by atoms with Crippen LogP contribution in [0.5, 0.6) is 0 Å². The monoisotopic (exact) mass is 476 g/mol. The largest absolute Gasteiger partial charge is 0.419 e. The minimum atomic E-state index is -4.02. The average Bonchev–Trinajstić information content (AvgIpc) is 3.40. The lowest BCUT2D eigenvalue weighted by Gasteiger charge is -2.16. The van der Waals surface area contributed by atoms with E-state index in [1.54, 1.807) is 18.2 Å². The summed E-state index contributed by atoms with van der Waals surface area (Å²) in [6, 6.07) is 8.03. The molecule has 1 amide bonds. The molecule has 2 aromatic carbocycles. The lowest BCUT2D eigenvalue weighted by molar-refractivity contribution is 0.102. The van der Waals surface area contributed by atoms with Gasteiger partial charge in [-0.2, -0.15) is 4.31 Å². The fraction of sp³-hybridized carbons (Fsp3) is 0.364. The first-order valence-corrected chi connectivity index (χ1v) is 12.0. The number of hydrogen-bond acceptors (Lipinski definition) is 6. The molecule has 1 aromatic heterocycles. The standard InChI is InChI=1S/C22H25FN4O5S/c1-25(2)11-12-27-18-14-16(6-8-19(18)32-22(27)29)24-21(28)15-5-7-17(23)20(13-15)33(30,31)26-9-3-4-10-26/h5-8,13-14H,3-4,9-12H2,1-2H3,(H,24,28). The second-order valence-corrected chi connectivity index (χ2v) is 10.1. The quantitative estimate of drug-likeness (QED) is 0.561. The van der Waals surface area contributed by atoms with E-state index in [-0.39, 0.29) is 5.56 Å². The normalized spacial score (nSPS) is 14.9. The first-order valence-electron chi connectivity index (χ1n) is 10.6. The SMILES string of the molecule is CN(C)CCn1c(=O)oc2ccc(NC(=O)c3ccc(F)c(S(=O)(=O)N4CCCC4)c3)cc21. The first-order chi connectivity index (χ1) is 15.7. The van der Waals surface area contributed by atoms with Crippen molar-refractivity contribution in [2.24, 2.45) is 0 Å². The number of anilines is 1. The Kier molecular flexibility index (Phi) is 6.37. The minimum absolute atomic E-state index is 0.00598. The third kappa shape index (κ3) is 4.70. The molecular weight excluding hydrogens is 451 g/mol. The van der Waals surface area contributed by atoms with Crippen molar-refractivity contribution in [2.75, 3.05) is 39.0 Å². The Balaban J connectivity index is 1.61. The highest BCUT2D eigenvalue weighted by atomic mass is 32.2. The summed E-state index contributed by atoms with van der Waals surface area (Å²) < 4.78 is 47.9. The Morgan fingerprint density at radius 3 is 2.58 bits per heavy atom. The van der Waals surface area contributed by atoms with Crippen molar-refractivity contribution in [1.29, 1.82) is 0 Å². The predicted octanol–water partition coefficient (Wildman–Crippen LogP) is 2.33. The molecule has 3 aromatic rings. The maximum Gasteiger partial charge on any atom is 0.419 e. The van der Waals surface area contributed by atoms with E-state index in [0.29, 0.717) is 43.0 Å². The van der Waals surface area contributed by atoms with E-state index >= 15 is 0 Å². The molecule has 0 radical (unpaired) electrons. The van der Waals surface area contributed by atoms with Crippen LogP contribution in [-0.4, -0.2) is 61.8 Å². The molecule has 1 N–H and O–H groups in total. The summed E-state index contributed by atoms with van der Waals surface area (Å²) in [4.78, 5) is 26.4. The highest BCUT2D eigenvalue weighted by molar-refractivity contribution is 7.89. The lowest BCUT2D eigenvalue weighted by atomic mass is 10.2. The van der Waals surface area contributed by atoms with E-state index in [1.807, 2.05) is 19.0 Å². The van der Waals surface area contributed by atoms with Crippen LogP contribution in [0.3, 0.4) is 0 Å². The zero-order chi connectivity index (χ0) is 23.8. The first kappa shape index (κ1) is 23.1. The molecule has 33 heavy (non-hydrogen) atoms. The van der Waals surface area contributed by atoms with Gasteiger partial charge in [-0.25, -0.2) is 17.6 Å². The number of oxazole rings is 1. The van der Waals surface area contributed by atoms with Gasteiger partial charge in [0.15, 0.2) is 5.58 Å². The van der Waals surface area contributed by atoms with Crippen molar-refractivity contribution < 1.29 is 22.0 Å². The van der Waals surface area contributed by atoms with Crippen LogP contribution in [0.1, 0.15) is 23.2 Å². The van der Waals surface area contributed by atoms with Crippen LogP contribution in [-0.2, 0) is 16.6 Å². The molecule has 1 aliphatic heterocycles. The second kappa shape index (κ2) is 9.08. The molecule has 1 aliphatic rings. The number of hydrogen-bond donors (Lipinski definition) is 1. The van der Waals surface area contributed by atoms with E-state index < -0.39 is 32.4 Å². The van der Waals surface area contributed by atoms with Crippen molar-refractivity contribution >= 4 is 32.7 Å². The molecule has 0 atom stereocenters. The highest BCUT2D eigenvalue weighted by Gasteiger charge is 2.30. The van der Waals surface area contributed by atoms with Gasteiger partial charge in [-0.1, -0.05) is 0 Å². The number of rotatable bonds is 7. The maximum atomic E-state index is 14.4. The second-order valence-electron chi connectivity index (χ2n) is 8.22. The average molecular weight is 477 g/mol. The molecule has 0 saturated carbocycles. The van der Waals surface area contributed by atoms with Crippen LogP contribution in [0.2, 0.25) is 0 Å². The smallest absolute Gasteiger partial charge is 0.408 e. The number of sulfonamides is 1. The van der Waals surface area contributed by atoms with E-state index in [1.165, 1.54) is 14.9 Å². The summed E-state index contributed by atoms with van der Waals surface area (Å²) in [5.41, 5.74) is 1.31. The zero-order valence-electron chi connectivity index (χ0n) is 18.4. The summed E-state index contributed by atoms with van der Waals surface area (Å²) in [6.07, 6.45) is 1.44. The van der Waals surface area contributed by atoms with E-state index in [2.05, 4.69) is 5.32 Å². The van der Waals surface area contributed by atoms with E-state index in [4.69, 9.17) is 4.42 Å². The van der Waals surface area contributed by atoms with Gasteiger partial charge < -0.3 is 14.6 Å². The summed E-state index contributed by atoms with van der Waals surface area (Å²) in [5.74, 6) is -1.99. The number of carbonyl (C=O) groups is 1. The molecule has 0 bridgehead atoms. The number of aromatic nitrogens is 1. The Morgan fingerprint density at radius 1 is 1.15 bits per heavy atom. The number of benzene rings is 2. The number of fused-ring (bicyclic) bond motifs is 1. The highest BCUT2D eigenvalue weighted by Crippen LogP contribution is 2.25. The fourth-order valence-electron chi connectivity index (χ4n) is 3.76. The molecule has 0 spiro atoms. The van der Waals surface area contributed by atoms with Crippen molar-refractivity contribution in [3.05, 3.63) is 58.3 Å². The van der Waals surface area contributed by atoms with E-state index in [9.17, 15) is 22.4 Å². The topological polar surface area (TPSA) is 105 Å². The minimum Gasteiger partial charge on any atom is -0.408 e. The Morgan fingerprint density at radius 2 is 1.88 bits per heavy atom. The molecular formula is C22H25FN4O5S. The fourth-order valence-corrected chi connectivity index (χ4v) is 5.37. The number of halogens is 1. The maximum absolute atomic E-state index is 14.4. The third-order valence-electron chi connectivity index (χ3n) is 5.57. The van der Waals surface area contributed by atoms with Crippen LogP contribution in [0.15, 0.2) is 50.5 Å². The number of nitrogens with one attached hydrogen (secondary N) is 1. The number of amides is 1. The van der Waals surface area contributed by atoms with Crippen LogP contribution in [0, 0.1) is 5.82 Å². The third-order valence-corrected chi connectivity index (χ3v) is 7.49. The van der Waals surface area contributed by atoms with Gasteiger partial charge in [0.25, 0.3) is 5.91 Å². The summed E-state index contributed by atoms with van der Waals surface area (Å²) >= 11 is 0. The van der Waals surface area contributed by atoms with Crippen LogP contribution < -0.4 is 11.1 Å². The Hall–Kier alpha value is -3.02. The molecule has 9 nitrogen and oxygen atoms in total. The number of likely N-dealkylation sites (N-methyl/N-ethyl adjacent to an activating group) is 1. The lowest BCUT2D eigenvalue weighted by Crippen LogP contribution is -2.29. The molecule has 1 saturated heterocycles. The Bertz CT molecular complexity index is 1360. The molecule has 176 valence electrons. The van der Waals surface area contributed by atoms with Crippen molar-refractivity contribution in [3.8, 4) is 0 Å². The van der Waals surface area contributed by atoms with Crippen molar-refractivity contribution in [2.45, 2.75) is 24.3 Å². The van der Waals surface area contributed by atoms with Gasteiger partial charge >= 0.3 is 5.76 Å². The number of carbonyl (C=O) groups excluding carboxylic acids is 1. The summed E-state index contributed by atoms with van der Waals surface area (Å²) in [7, 11) is -0.242. The van der Waals surface area contributed by atoms with Gasteiger partial charge in [-0.15, -0.1) is 0 Å². The summed E-state index contributed by atoms with van der Waals surface area (Å²) in [5, 5.41) is 2.68. The van der Waals surface area contributed by atoms with Crippen LogP contribution >= 0.6 is 0 Å². The number of nitrogens with zero attached hydrogens (tertiary/aromatic N) is 3. The summed E-state index contributed by atoms with van der Waals surface area (Å²) in [6.45, 7) is 1.69. The van der Waals surface area contributed by atoms with Gasteiger partial charge in [-0.05, 0) is 63.3 Å². The molecule has 1 fully saturated rings. The van der Waals surface area contributed by atoms with E-state index in [0.717, 1.165) is 25.0 Å². The van der Waals surface area contributed by atoms with Gasteiger partial charge in [0.1, 0.15) is 10.7 Å². The molecule has 4 rings (SSSR count).